The van der Waals surface area contributed by atoms with Gasteiger partial charge in [-0.05, 0) is 91.4 Å². The van der Waals surface area contributed by atoms with Crippen LogP contribution in [0.3, 0.4) is 0 Å². The van der Waals surface area contributed by atoms with Crippen LogP contribution in [-0.2, 0) is 12.8 Å². The summed E-state index contributed by atoms with van der Waals surface area (Å²) >= 11 is 0. The summed E-state index contributed by atoms with van der Waals surface area (Å²) in [5, 5.41) is 18.1. The first-order chi connectivity index (χ1) is 11.0. The summed E-state index contributed by atoms with van der Waals surface area (Å²) < 4.78 is 0. The maximum absolute atomic E-state index is 10.6. The van der Waals surface area contributed by atoms with Crippen LogP contribution in [0.5, 0.6) is 0 Å². The minimum absolute atomic E-state index is 0.0502. The van der Waals surface area contributed by atoms with Gasteiger partial charge in [-0.15, -0.1) is 0 Å². The van der Waals surface area contributed by atoms with Crippen LogP contribution in [0.25, 0.3) is 0 Å². The Morgan fingerprint density at radius 3 is 2.78 bits per heavy atom. The molecule has 3 heteroatoms. The third kappa shape index (κ3) is 1.78. The van der Waals surface area contributed by atoms with Crippen molar-refractivity contribution in [3.05, 3.63) is 17.5 Å². The van der Waals surface area contributed by atoms with E-state index in [2.05, 4.69) is 30.2 Å². The van der Waals surface area contributed by atoms with Gasteiger partial charge < -0.3 is 5.11 Å². The fraction of sp³-hybridized carbons (Fsp3) is 0.850. The van der Waals surface area contributed by atoms with Gasteiger partial charge in [0, 0.05) is 5.69 Å². The molecule has 1 aromatic rings. The van der Waals surface area contributed by atoms with Crippen LogP contribution in [0.2, 0.25) is 0 Å². The largest absolute Gasteiger partial charge is 0.393 e. The number of aromatic amines is 1. The number of nitrogens with one attached hydrogen (secondary N) is 1. The highest BCUT2D eigenvalue weighted by molar-refractivity contribution is 5.25. The lowest BCUT2D eigenvalue weighted by Gasteiger charge is -2.60. The molecule has 0 aromatic carbocycles. The first-order valence-electron chi connectivity index (χ1n) is 9.71. The number of hydrogen-bond donors (Lipinski definition) is 2. The van der Waals surface area contributed by atoms with E-state index < -0.39 is 0 Å². The van der Waals surface area contributed by atoms with E-state index in [-0.39, 0.29) is 11.5 Å². The molecule has 23 heavy (non-hydrogen) atoms. The van der Waals surface area contributed by atoms with Gasteiger partial charge in [0.25, 0.3) is 0 Å². The van der Waals surface area contributed by atoms with Crippen LogP contribution in [0.15, 0.2) is 6.20 Å². The molecule has 0 bridgehead atoms. The molecular weight excluding hydrogens is 284 g/mol. The molecule has 0 aliphatic heterocycles. The van der Waals surface area contributed by atoms with Crippen LogP contribution in [0, 0.1) is 34.5 Å². The highest BCUT2D eigenvalue weighted by atomic mass is 16.3. The van der Waals surface area contributed by atoms with E-state index in [1.807, 2.05) is 0 Å². The minimum atomic E-state index is -0.0502. The highest BCUT2D eigenvalue weighted by Crippen LogP contribution is 2.65. The second-order valence-electron chi connectivity index (χ2n) is 9.55. The van der Waals surface area contributed by atoms with Gasteiger partial charge >= 0.3 is 0 Å². The van der Waals surface area contributed by atoms with Crippen molar-refractivity contribution in [2.45, 2.75) is 71.3 Å². The molecule has 0 radical (unpaired) electrons. The maximum atomic E-state index is 10.6. The van der Waals surface area contributed by atoms with E-state index in [1.165, 1.54) is 56.2 Å². The summed E-state index contributed by atoms with van der Waals surface area (Å²) in [7, 11) is 0. The van der Waals surface area contributed by atoms with Crippen molar-refractivity contribution in [3.63, 3.8) is 0 Å². The number of nitrogens with zero attached hydrogens (tertiary/aromatic N) is 1. The Morgan fingerprint density at radius 2 is 1.91 bits per heavy atom. The third-order valence-corrected chi connectivity index (χ3v) is 8.84. The average molecular weight is 314 g/mol. The van der Waals surface area contributed by atoms with Crippen molar-refractivity contribution in [1.29, 1.82) is 0 Å². The Morgan fingerprint density at radius 1 is 1.09 bits per heavy atom. The van der Waals surface area contributed by atoms with Crippen molar-refractivity contribution in [2.24, 2.45) is 34.5 Å². The van der Waals surface area contributed by atoms with Crippen LogP contribution in [0.4, 0.5) is 0 Å². The molecule has 1 heterocycles. The molecule has 1 aromatic heterocycles. The molecule has 3 fully saturated rings. The zero-order chi connectivity index (χ0) is 15.8. The SMILES string of the molecule is CC12CCC3C(CCC4Cc5[nH]ncc5CC43C)C1CCC2O. The number of aliphatic hydroxyl groups is 1. The van der Waals surface area contributed by atoms with E-state index in [0.717, 1.165) is 30.1 Å². The van der Waals surface area contributed by atoms with E-state index in [1.54, 1.807) is 0 Å². The summed E-state index contributed by atoms with van der Waals surface area (Å²) in [6.07, 6.45) is 12.1. The van der Waals surface area contributed by atoms with Gasteiger partial charge in [-0.3, -0.25) is 5.10 Å². The Bertz CT molecular complexity index is 625. The number of aliphatic hydroxyl groups excluding tert-OH is 1. The molecule has 3 nitrogen and oxygen atoms in total. The second-order valence-corrected chi connectivity index (χ2v) is 9.55. The van der Waals surface area contributed by atoms with Crippen molar-refractivity contribution in [3.8, 4) is 0 Å². The summed E-state index contributed by atoms with van der Waals surface area (Å²) in [4.78, 5) is 0. The van der Waals surface area contributed by atoms with Crippen molar-refractivity contribution < 1.29 is 5.11 Å². The summed E-state index contributed by atoms with van der Waals surface area (Å²) in [6, 6.07) is 0. The molecule has 0 spiro atoms. The Kier molecular flexibility index (Phi) is 2.92. The number of aromatic nitrogens is 2. The van der Waals surface area contributed by atoms with E-state index in [9.17, 15) is 5.11 Å². The number of H-pyrrole nitrogens is 1. The molecule has 5 rings (SSSR count). The fourth-order valence-electron chi connectivity index (χ4n) is 7.44. The first kappa shape index (κ1) is 14.5. The fourth-order valence-corrected chi connectivity index (χ4v) is 7.44. The third-order valence-electron chi connectivity index (χ3n) is 8.84. The normalized spacial score (nSPS) is 51.5. The monoisotopic (exact) mass is 314 g/mol. The lowest BCUT2D eigenvalue weighted by Crippen LogP contribution is -2.54. The molecule has 7 atom stereocenters. The standard InChI is InChI=1S/C20H30N2O/c1-19-8-7-16-14(15(19)5-6-18(19)23)4-3-13-9-17-12(11-21-22-17)10-20(13,16)2/h11,13-16,18,23H,3-10H2,1-2H3,(H,21,22). The van der Waals surface area contributed by atoms with Gasteiger partial charge in [0.05, 0.1) is 12.3 Å². The molecule has 4 aliphatic carbocycles. The second kappa shape index (κ2) is 4.62. The smallest absolute Gasteiger partial charge is 0.0596 e. The molecule has 3 saturated carbocycles. The number of hydrogen-bond acceptors (Lipinski definition) is 2. The van der Waals surface area contributed by atoms with Gasteiger partial charge in [-0.25, -0.2) is 0 Å². The Labute approximate surface area is 139 Å². The van der Waals surface area contributed by atoms with Crippen molar-refractivity contribution in [1.82, 2.24) is 10.2 Å². The Hall–Kier alpha value is -0.830. The van der Waals surface area contributed by atoms with Crippen LogP contribution in [0.1, 0.15) is 63.6 Å². The van der Waals surface area contributed by atoms with Crippen molar-refractivity contribution >= 4 is 0 Å². The van der Waals surface area contributed by atoms with Gasteiger partial charge in [-0.2, -0.15) is 5.10 Å². The average Bonchev–Trinajstić information content (AvgIpc) is 3.08. The predicted octanol–water partition coefficient (Wildman–Crippen LogP) is 3.73. The molecule has 126 valence electrons. The lowest BCUT2D eigenvalue weighted by atomic mass is 9.45. The lowest BCUT2D eigenvalue weighted by molar-refractivity contribution is -0.111. The zero-order valence-corrected chi connectivity index (χ0v) is 14.5. The maximum Gasteiger partial charge on any atom is 0.0596 e. The van der Waals surface area contributed by atoms with Crippen LogP contribution >= 0.6 is 0 Å². The van der Waals surface area contributed by atoms with Crippen molar-refractivity contribution in [2.75, 3.05) is 0 Å². The van der Waals surface area contributed by atoms with E-state index in [4.69, 9.17) is 0 Å². The Balaban J connectivity index is 1.50. The molecular formula is C20H30N2O. The highest BCUT2D eigenvalue weighted by Gasteiger charge is 2.60. The summed E-state index contributed by atoms with van der Waals surface area (Å²) in [6.45, 7) is 4.97. The van der Waals surface area contributed by atoms with E-state index in [0.29, 0.717) is 5.41 Å². The summed E-state index contributed by atoms with van der Waals surface area (Å²) in [5.74, 6) is 3.29. The predicted molar refractivity (Wildman–Crippen MR) is 89.9 cm³/mol. The number of fused-ring (bicyclic) bond motifs is 6. The minimum Gasteiger partial charge on any atom is -0.393 e. The molecule has 4 aliphatic rings. The molecule has 7 unspecified atom stereocenters. The van der Waals surface area contributed by atoms with Crippen LogP contribution < -0.4 is 0 Å². The number of rotatable bonds is 0. The molecule has 0 saturated heterocycles. The van der Waals surface area contributed by atoms with Gasteiger partial charge in [0.15, 0.2) is 0 Å². The van der Waals surface area contributed by atoms with Crippen LogP contribution in [-0.4, -0.2) is 21.4 Å². The molecule has 0 amide bonds. The summed E-state index contributed by atoms with van der Waals surface area (Å²) in [5.41, 5.74) is 3.54. The van der Waals surface area contributed by atoms with Gasteiger partial charge in [0.1, 0.15) is 0 Å². The van der Waals surface area contributed by atoms with Gasteiger partial charge in [-0.1, -0.05) is 13.8 Å². The zero-order valence-electron chi connectivity index (χ0n) is 14.5. The topological polar surface area (TPSA) is 48.9 Å². The quantitative estimate of drug-likeness (QED) is 0.766. The van der Waals surface area contributed by atoms with E-state index >= 15 is 0 Å². The first-order valence-corrected chi connectivity index (χ1v) is 9.71. The molecule has 2 N–H and O–H groups in total. The van der Waals surface area contributed by atoms with Gasteiger partial charge in [0.2, 0.25) is 0 Å².